The lowest BCUT2D eigenvalue weighted by atomic mass is 10.2. The molecule has 0 aliphatic carbocycles. The van der Waals surface area contributed by atoms with E-state index in [1.165, 1.54) is 0 Å². The maximum absolute atomic E-state index is 5.39. The predicted octanol–water partition coefficient (Wildman–Crippen LogP) is 2.98. The molecule has 1 N–H and O–H groups in total. The first-order valence-electron chi connectivity index (χ1n) is 6.87. The number of ether oxygens (including phenoxy) is 2. The lowest BCUT2D eigenvalue weighted by Gasteiger charge is -2.08. The second kappa shape index (κ2) is 4.70. The third kappa shape index (κ3) is 2.07. The van der Waals surface area contributed by atoms with Crippen LogP contribution in [-0.2, 0) is 6.54 Å². The van der Waals surface area contributed by atoms with Crippen molar-refractivity contribution in [2.45, 2.75) is 13.5 Å². The molecule has 0 bridgehead atoms. The highest BCUT2D eigenvalue weighted by Crippen LogP contribution is 2.34. The maximum atomic E-state index is 5.39. The zero-order valence-electron chi connectivity index (χ0n) is 11.7. The van der Waals surface area contributed by atoms with Crippen LogP contribution in [0.15, 0.2) is 42.6 Å². The first kappa shape index (κ1) is 12.1. The van der Waals surface area contributed by atoms with Gasteiger partial charge in [0.1, 0.15) is 5.65 Å². The van der Waals surface area contributed by atoms with Gasteiger partial charge >= 0.3 is 0 Å². The van der Waals surface area contributed by atoms with Gasteiger partial charge in [-0.1, -0.05) is 6.07 Å². The monoisotopic (exact) mass is 281 g/mol. The highest BCUT2D eigenvalue weighted by molar-refractivity contribution is 5.56. The van der Waals surface area contributed by atoms with E-state index in [0.717, 1.165) is 34.2 Å². The minimum Gasteiger partial charge on any atom is -0.454 e. The molecule has 0 saturated carbocycles. The Morgan fingerprint density at radius 2 is 2.10 bits per heavy atom. The van der Waals surface area contributed by atoms with E-state index in [4.69, 9.17) is 9.47 Å². The summed E-state index contributed by atoms with van der Waals surface area (Å²) in [4.78, 5) is 4.56. The van der Waals surface area contributed by atoms with E-state index in [2.05, 4.69) is 14.7 Å². The Kier molecular flexibility index (Phi) is 2.70. The summed E-state index contributed by atoms with van der Waals surface area (Å²) in [5, 5.41) is 3.41. The Hall–Kier alpha value is -2.69. The largest absolute Gasteiger partial charge is 0.454 e. The van der Waals surface area contributed by atoms with E-state index in [9.17, 15) is 0 Å². The van der Waals surface area contributed by atoms with Crippen LogP contribution in [0.25, 0.3) is 5.65 Å². The molecule has 106 valence electrons. The molecule has 2 aromatic heterocycles. The van der Waals surface area contributed by atoms with Crippen LogP contribution in [0.4, 0.5) is 5.69 Å². The van der Waals surface area contributed by atoms with Crippen LogP contribution < -0.4 is 14.8 Å². The molecule has 1 aromatic carbocycles. The van der Waals surface area contributed by atoms with Crippen molar-refractivity contribution in [1.29, 1.82) is 0 Å². The number of hydrogen-bond acceptors (Lipinski definition) is 4. The molecule has 0 fully saturated rings. The van der Waals surface area contributed by atoms with E-state index in [0.29, 0.717) is 13.3 Å². The topological polar surface area (TPSA) is 47.8 Å². The molecular weight excluding hydrogens is 266 g/mol. The number of anilines is 1. The van der Waals surface area contributed by atoms with Gasteiger partial charge in [0.05, 0.1) is 17.9 Å². The average Bonchev–Trinajstić information content (AvgIpc) is 3.08. The first-order chi connectivity index (χ1) is 10.3. The van der Waals surface area contributed by atoms with Crippen LogP contribution >= 0.6 is 0 Å². The smallest absolute Gasteiger partial charge is 0.231 e. The molecule has 0 spiro atoms. The number of nitrogens with zero attached hydrogens (tertiary/aromatic N) is 2. The van der Waals surface area contributed by atoms with Gasteiger partial charge in [0.25, 0.3) is 0 Å². The molecule has 5 heteroatoms. The second-order valence-corrected chi connectivity index (χ2v) is 4.99. The Morgan fingerprint density at radius 3 is 3.05 bits per heavy atom. The molecular formula is C16H15N3O2. The Morgan fingerprint density at radius 1 is 1.19 bits per heavy atom. The Bertz CT molecular complexity index is 810. The van der Waals surface area contributed by atoms with Gasteiger partial charge < -0.3 is 19.2 Å². The predicted molar refractivity (Wildman–Crippen MR) is 79.8 cm³/mol. The van der Waals surface area contributed by atoms with E-state index in [1.54, 1.807) is 0 Å². The minimum atomic E-state index is 0.297. The van der Waals surface area contributed by atoms with Crippen LogP contribution in [0.1, 0.15) is 11.4 Å². The molecule has 0 saturated heterocycles. The summed E-state index contributed by atoms with van der Waals surface area (Å²) in [5.74, 6) is 1.58. The summed E-state index contributed by atoms with van der Waals surface area (Å²) < 4.78 is 12.8. The fourth-order valence-electron chi connectivity index (χ4n) is 2.57. The highest BCUT2D eigenvalue weighted by Gasteiger charge is 2.13. The summed E-state index contributed by atoms with van der Waals surface area (Å²) in [7, 11) is 0. The number of hydrogen-bond donors (Lipinski definition) is 1. The number of aromatic nitrogens is 2. The van der Waals surface area contributed by atoms with E-state index < -0.39 is 0 Å². The molecule has 5 nitrogen and oxygen atoms in total. The van der Waals surface area contributed by atoms with Crippen molar-refractivity contribution in [3.05, 3.63) is 54.0 Å². The number of imidazole rings is 1. The number of rotatable bonds is 3. The fraction of sp³-hybridized carbons (Fsp3) is 0.188. The van der Waals surface area contributed by atoms with E-state index in [1.807, 2.05) is 49.5 Å². The van der Waals surface area contributed by atoms with Crippen molar-refractivity contribution in [3.63, 3.8) is 0 Å². The van der Waals surface area contributed by atoms with Gasteiger partial charge in [0.2, 0.25) is 6.79 Å². The highest BCUT2D eigenvalue weighted by atomic mass is 16.7. The minimum absolute atomic E-state index is 0.297. The zero-order chi connectivity index (χ0) is 14.2. The molecule has 0 atom stereocenters. The number of nitrogens with one attached hydrogen (secondary N) is 1. The molecule has 0 unspecified atom stereocenters. The molecule has 3 heterocycles. The van der Waals surface area contributed by atoms with Crippen LogP contribution in [0.2, 0.25) is 0 Å². The summed E-state index contributed by atoms with van der Waals surface area (Å²) in [6, 6.07) is 11.9. The molecule has 3 aromatic rings. The summed E-state index contributed by atoms with van der Waals surface area (Å²) in [6.45, 7) is 3.03. The van der Waals surface area contributed by atoms with Gasteiger partial charge in [-0.25, -0.2) is 4.98 Å². The van der Waals surface area contributed by atoms with Crippen molar-refractivity contribution in [3.8, 4) is 11.5 Å². The van der Waals surface area contributed by atoms with Crippen molar-refractivity contribution in [2.75, 3.05) is 12.1 Å². The zero-order valence-corrected chi connectivity index (χ0v) is 11.7. The lowest BCUT2D eigenvalue weighted by Crippen LogP contribution is -2.04. The van der Waals surface area contributed by atoms with Crippen molar-refractivity contribution in [2.24, 2.45) is 0 Å². The first-order valence-corrected chi connectivity index (χ1v) is 6.87. The van der Waals surface area contributed by atoms with Gasteiger partial charge in [-0.05, 0) is 31.2 Å². The molecule has 1 aliphatic rings. The molecule has 1 aliphatic heterocycles. The van der Waals surface area contributed by atoms with Crippen LogP contribution in [0.3, 0.4) is 0 Å². The summed E-state index contributed by atoms with van der Waals surface area (Å²) in [6.07, 6.45) is 2.03. The van der Waals surface area contributed by atoms with E-state index >= 15 is 0 Å². The Balaban J connectivity index is 1.60. The van der Waals surface area contributed by atoms with Crippen molar-refractivity contribution < 1.29 is 9.47 Å². The number of benzene rings is 1. The summed E-state index contributed by atoms with van der Waals surface area (Å²) >= 11 is 0. The van der Waals surface area contributed by atoms with Crippen LogP contribution in [0.5, 0.6) is 11.5 Å². The van der Waals surface area contributed by atoms with Gasteiger partial charge in [0, 0.05) is 18.0 Å². The third-order valence-corrected chi connectivity index (χ3v) is 3.66. The van der Waals surface area contributed by atoms with Gasteiger partial charge in [-0.15, -0.1) is 0 Å². The van der Waals surface area contributed by atoms with Gasteiger partial charge in [-0.3, -0.25) is 0 Å². The summed E-state index contributed by atoms with van der Waals surface area (Å²) in [5.41, 5.74) is 4.17. The van der Waals surface area contributed by atoms with Crippen LogP contribution in [0, 0.1) is 6.92 Å². The molecule has 0 radical (unpaired) electrons. The van der Waals surface area contributed by atoms with Gasteiger partial charge in [0.15, 0.2) is 11.5 Å². The second-order valence-electron chi connectivity index (χ2n) is 4.99. The lowest BCUT2D eigenvalue weighted by molar-refractivity contribution is 0.174. The fourth-order valence-corrected chi connectivity index (χ4v) is 2.57. The van der Waals surface area contributed by atoms with Crippen LogP contribution in [-0.4, -0.2) is 16.2 Å². The number of aryl methyl sites for hydroxylation is 1. The average molecular weight is 281 g/mol. The van der Waals surface area contributed by atoms with Crippen molar-refractivity contribution in [1.82, 2.24) is 9.38 Å². The standard InChI is InChI=1S/C16H15N3O2/c1-11-13(19-7-3-2-4-16(19)18-11)9-17-12-5-6-14-15(8-12)21-10-20-14/h2-8,17H,9-10H2,1H3. The molecule has 0 amide bonds. The molecule has 21 heavy (non-hydrogen) atoms. The van der Waals surface area contributed by atoms with Crippen molar-refractivity contribution >= 4 is 11.3 Å². The van der Waals surface area contributed by atoms with Gasteiger partial charge in [-0.2, -0.15) is 0 Å². The third-order valence-electron chi connectivity index (χ3n) is 3.66. The molecule has 4 rings (SSSR count). The van der Waals surface area contributed by atoms with E-state index in [-0.39, 0.29) is 0 Å². The number of fused-ring (bicyclic) bond motifs is 2. The normalized spacial score (nSPS) is 12.8. The number of pyridine rings is 1. The Labute approximate surface area is 122 Å². The maximum Gasteiger partial charge on any atom is 0.231 e. The quantitative estimate of drug-likeness (QED) is 0.801. The SMILES string of the molecule is Cc1nc2ccccn2c1CNc1ccc2c(c1)OCO2.